The predicted molar refractivity (Wildman–Crippen MR) is 130 cm³/mol. The monoisotopic (exact) mass is 483 g/mol. The lowest BCUT2D eigenvalue weighted by atomic mass is 10.1. The standard InChI is InChI=1S/C21H21N7O3S2/c1-28(7-6-22-21(30)31)20(29)11-2-4-13-15(8-11)32-19-17(13)18(23-10-24-19)25-12-3-5-14-16(9-12)33-27-26-14/h2-5,8-9,18,22-25H,6-7,10H2,1H3,(H,30,31). The van der Waals surface area contributed by atoms with Crippen molar-refractivity contribution in [2.24, 2.45) is 0 Å². The zero-order valence-corrected chi connectivity index (χ0v) is 19.2. The molecule has 12 heteroatoms. The highest BCUT2D eigenvalue weighted by Crippen LogP contribution is 2.42. The summed E-state index contributed by atoms with van der Waals surface area (Å²) in [6.45, 7) is 1.09. The molecular weight excluding hydrogens is 462 g/mol. The van der Waals surface area contributed by atoms with E-state index < -0.39 is 6.09 Å². The van der Waals surface area contributed by atoms with Crippen LogP contribution in [0.5, 0.6) is 0 Å². The summed E-state index contributed by atoms with van der Waals surface area (Å²) < 4.78 is 6.03. The number of thiophene rings is 1. The largest absolute Gasteiger partial charge is 0.465 e. The highest BCUT2D eigenvalue weighted by Gasteiger charge is 2.25. The number of amides is 2. The molecule has 0 fully saturated rings. The van der Waals surface area contributed by atoms with Crippen LogP contribution in [-0.2, 0) is 0 Å². The third-order valence-electron chi connectivity index (χ3n) is 5.45. The van der Waals surface area contributed by atoms with E-state index in [-0.39, 0.29) is 18.6 Å². The summed E-state index contributed by atoms with van der Waals surface area (Å²) in [6.07, 6.45) is -1.20. The van der Waals surface area contributed by atoms with Crippen molar-refractivity contribution in [2.45, 2.75) is 6.17 Å². The number of aromatic nitrogens is 2. The van der Waals surface area contributed by atoms with Crippen molar-refractivity contribution in [3.05, 3.63) is 47.5 Å². The molecule has 2 amide bonds. The number of nitrogens with one attached hydrogen (secondary N) is 4. The van der Waals surface area contributed by atoms with Gasteiger partial charge >= 0.3 is 6.09 Å². The zero-order chi connectivity index (χ0) is 22.9. The van der Waals surface area contributed by atoms with E-state index in [0.29, 0.717) is 18.8 Å². The first-order valence-electron chi connectivity index (χ1n) is 10.2. The van der Waals surface area contributed by atoms with Gasteiger partial charge in [0.2, 0.25) is 0 Å². The van der Waals surface area contributed by atoms with Gasteiger partial charge in [-0.05, 0) is 41.9 Å². The number of carbonyl (C=O) groups excluding carboxylic acids is 1. The number of hydrogen-bond acceptors (Lipinski definition) is 9. The number of anilines is 2. The Kier molecular flexibility index (Phi) is 5.70. The average Bonchev–Trinajstić information content (AvgIpc) is 3.42. The van der Waals surface area contributed by atoms with Crippen LogP contribution in [0, 0.1) is 0 Å². The van der Waals surface area contributed by atoms with Crippen LogP contribution in [0.4, 0.5) is 15.5 Å². The summed E-state index contributed by atoms with van der Waals surface area (Å²) in [5, 5.41) is 27.6. The molecule has 5 N–H and O–H groups in total. The Hall–Kier alpha value is -3.48. The van der Waals surface area contributed by atoms with Crippen LogP contribution in [0.2, 0.25) is 0 Å². The van der Waals surface area contributed by atoms with Gasteiger partial charge in [0.25, 0.3) is 5.91 Å². The molecule has 10 nitrogen and oxygen atoms in total. The van der Waals surface area contributed by atoms with E-state index in [1.807, 2.05) is 36.4 Å². The molecule has 0 saturated heterocycles. The second-order valence-corrected chi connectivity index (χ2v) is 9.44. The Bertz CT molecular complexity index is 1350. The third-order valence-corrected chi connectivity index (χ3v) is 7.26. The molecule has 3 heterocycles. The topological polar surface area (TPSA) is 132 Å². The molecule has 0 bridgehead atoms. The summed E-state index contributed by atoms with van der Waals surface area (Å²) in [4.78, 5) is 24.9. The maximum Gasteiger partial charge on any atom is 0.404 e. The lowest BCUT2D eigenvalue weighted by molar-refractivity contribution is 0.0795. The lowest BCUT2D eigenvalue weighted by Gasteiger charge is -2.27. The fourth-order valence-electron chi connectivity index (χ4n) is 3.81. The molecule has 0 aliphatic carbocycles. The molecular formula is C21H21N7O3S2. The van der Waals surface area contributed by atoms with Gasteiger partial charge in [0.15, 0.2) is 0 Å². The lowest BCUT2D eigenvalue weighted by Crippen LogP contribution is -2.36. The molecule has 33 heavy (non-hydrogen) atoms. The van der Waals surface area contributed by atoms with E-state index in [4.69, 9.17) is 5.11 Å². The van der Waals surface area contributed by atoms with Gasteiger partial charge in [-0.25, -0.2) is 4.79 Å². The van der Waals surface area contributed by atoms with E-state index in [9.17, 15) is 9.59 Å². The SMILES string of the molecule is CN(CCNC(=O)O)C(=O)c1ccc2c3c(sc2c1)NCNC3Nc1ccc2nnsc2c1. The Labute approximate surface area is 196 Å². The number of nitrogens with zero attached hydrogens (tertiary/aromatic N) is 3. The van der Waals surface area contributed by atoms with Gasteiger partial charge in [0, 0.05) is 47.0 Å². The molecule has 0 saturated carbocycles. The number of carboxylic acid groups (broad SMARTS) is 1. The van der Waals surface area contributed by atoms with Crippen molar-refractivity contribution in [1.29, 1.82) is 0 Å². The second-order valence-electron chi connectivity index (χ2n) is 7.60. The van der Waals surface area contributed by atoms with Gasteiger partial charge in [0.1, 0.15) is 11.7 Å². The highest BCUT2D eigenvalue weighted by atomic mass is 32.1. The Morgan fingerprint density at radius 3 is 2.97 bits per heavy atom. The zero-order valence-electron chi connectivity index (χ0n) is 17.6. The molecule has 0 radical (unpaired) electrons. The van der Waals surface area contributed by atoms with Crippen molar-refractivity contribution in [1.82, 2.24) is 25.1 Å². The minimum absolute atomic E-state index is 0.0975. The Morgan fingerprint density at radius 2 is 2.12 bits per heavy atom. The molecule has 5 rings (SSSR count). The van der Waals surface area contributed by atoms with Gasteiger partial charge in [-0.3, -0.25) is 10.1 Å². The fourth-order valence-corrected chi connectivity index (χ4v) is 5.59. The van der Waals surface area contributed by atoms with Gasteiger partial charge in [0.05, 0.1) is 16.4 Å². The second kappa shape index (κ2) is 8.81. The minimum Gasteiger partial charge on any atom is -0.465 e. The first-order valence-corrected chi connectivity index (χ1v) is 11.8. The fraction of sp³-hybridized carbons (Fsp3) is 0.238. The molecule has 0 spiro atoms. The smallest absolute Gasteiger partial charge is 0.404 e. The minimum atomic E-state index is -1.10. The first-order chi connectivity index (χ1) is 16.0. The molecule has 1 aliphatic rings. The van der Waals surface area contributed by atoms with Gasteiger partial charge in [-0.15, -0.1) is 16.4 Å². The van der Waals surface area contributed by atoms with Gasteiger partial charge < -0.3 is 26.0 Å². The first kappa shape index (κ1) is 21.4. The van der Waals surface area contributed by atoms with Crippen LogP contribution < -0.4 is 21.3 Å². The summed E-state index contributed by atoms with van der Waals surface area (Å²) in [5.74, 6) is -0.150. The summed E-state index contributed by atoms with van der Waals surface area (Å²) in [7, 11) is 1.66. The predicted octanol–water partition coefficient (Wildman–Crippen LogP) is 3.33. The van der Waals surface area contributed by atoms with Crippen molar-refractivity contribution in [3.8, 4) is 0 Å². The van der Waals surface area contributed by atoms with E-state index in [2.05, 4.69) is 30.9 Å². The number of rotatable bonds is 6. The van der Waals surface area contributed by atoms with Gasteiger partial charge in [-0.1, -0.05) is 10.6 Å². The molecule has 1 unspecified atom stereocenters. The van der Waals surface area contributed by atoms with E-state index in [1.165, 1.54) is 16.4 Å². The molecule has 4 aromatic rings. The highest BCUT2D eigenvalue weighted by molar-refractivity contribution is 7.23. The summed E-state index contributed by atoms with van der Waals surface area (Å²) in [5.41, 5.74) is 3.54. The normalized spacial score (nSPS) is 15.1. The average molecular weight is 484 g/mol. The van der Waals surface area contributed by atoms with Crippen molar-refractivity contribution >= 4 is 65.9 Å². The van der Waals surface area contributed by atoms with Crippen LogP contribution in [-0.4, -0.2) is 58.4 Å². The number of benzene rings is 2. The van der Waals surface area contributed by atoms with Crippen LogP contribution in [0.1, 0.15) is 22.1 Å². The quantitative estimate of drug-likeness (QED) is 0.282. The summed E-state index contributed by atoms with van der Waals surface area (Å²) in [6, 6.07) is 11.7. The maximum atomic E-state index is 12.8. The van der Waals surface area contributed by atoms with Crippen molar-refractivity contribution in [3.63, 3.8) is 0 Å². The molecule has 1 atom stereocenters. The number of carbonyl (C=O) groups is 2. The van der Waals surface area contributed by atoms with Crippen LogP contribution in [0.25, 0.3) is 20.3 Å². The van der Waals surface area contributed by atoms with Crippen molar-refractivity contribution in [2.75, 3.05) is 37.4 Å². The molecule has 2 aromatic carbocycles. The Morgan fingerprint density at radius 1 is 1.24 bits per heavy atom. The van der Waals surface area contributed by atoms with Crippen molar-refractivity contribution < 1.29 is 14.7 Å². The third kappa shape index (κ3) is 4.27. The number of fused-ring (bicyclic) bond motifs is 4. The van der Waals surface area contributed by atoms with Crippen LogP contribution in [0.3, 0.4) is 0 Å². The molecule has 170 valence electrons. The maximum absolute atomic E-state index is 12.8. The number of likely N-dealkylation sites (N-methyl/N-ethyl adjacent to an activating group) is 1. The van der Waals surface area contributed by atoms with Gasteiger partial charge in [-0.2, -0.15) is 0 Å². The van der Waals surface area contributed by atoms with E-state index in [0.717, 1.165) is 36.6 Å². The molecule has 1 aliphatic heterocycles. The number of hydrogen-bond donors (Lipinski definition) is 5. The van der Waals surface area contributed by atoms with E-state index >= 15 is 0 Å². The Balaban J connectivity index is 1.39. The molecule has 2 aromatic heterocycles. The van der Waals surface area contributed by atoms with Crippen LogP contribution >= 0.6 is 22.9 Å². The van der Waals surface area contributed by atoms with Crippen LogP contribution in [0.15, 0.2) is 36.4 Å². The van der Waals surface area contributed by atoms with E-state index in [1.54, 1.807) is 18.4 Å². The summed E-state index contributed by atoms with van der Waals surface area (Å²) >= 11 is 2.98.